The van der Waals surface area contributed by atoms with Crippen molar-refractivity contribution in [3.05, 3.63) is 65.7 Å². The summed E-state index contributed by atoms with van der Waals surface area (Å²) in [4.78, 5) is 12.9. The highest BCUT2D eigenvalue weighted by molar-refractivity contribution is 6.06. The Balaban J connectivity index is 1.57. The van der Waals surface area contributed by atoms with Gasteiger partial charge in [-0.25, -0.2) is 0 Å². The zero-order chi connectivity index (χ0) is 18.8. The van der Waals surface area contributed by atoms with Crippen LogP contribution in [-0.4, -0.2) is 19.1 Å². The molecule has 0 saturated heterocycles. The third-order valence-electron chi connectivity index (χ3n) is 5.12. The molecule has 138 valence electrons. The van der Waals surface area contributed by atoms with E-state index in [2.05, 4.69) is 29.6 Å². The van der Waals surface area contributed by atoms with E-state index < -0.39 is 6.10 Å². The van der Waals surface area contributed by atoms with Gasteiger partial charge in [0.15, 0.2) is 6.10 Å². The van der Waals surface area contributed by atoms with Gasteiger partial charge in [0.05, 0.1) is 7.11 Å². The van der Waals surface area contributed by atoms with Crippen molar-refractivity contribution in [3.63, 3.8) is 0 Å². The molecule has 4 heteroatoms. The maximum absolute atomic E-state index is 12.9. The molecular weight excluding hydrogens is 338 g/mol. The molecule has 1 N–H and O–H groups in total. The lowest BCUT2D eigenvalue weighted by molar-refractivity contribution is -0.122. The van der Waals surface area contributed by atoms with E-state index in [1.54, 1.807) is 13.2 Å². The van der Waals surface area contributed by atoms with Gasteiger partial charge < -0.3 is 14.8 Å². The molecule has 1 atom stereocenters. The molecule has 27 heavy (non-hydrogen) atoms. The number of anilines is 1. The lowest BCUT2D eigenvalue weighted by Gasteiger charge is -2.18. The molecule has 4 rings (SSSR count). The maximum Gasteiger partial charge on any atom is 0.265 e. The van der Waals surface area contributed by atoms with Crippen LogP contribution >= 0.6 is 0 Å². The van der Waals surface area contributed by atoms with E-state index in [0.29, 0.717) is 17.9 Å². The van der Waals surface area contributed by atoms with Gasteiger partial charge in [0.2, 0.25) is 0 Å². The number of carbonyl (C=O) groups excluding carboxylic acids is 1. The molecule has 0 saturated carbocycles. The third-order valence-corrected chi connectivity index (χ3v) is 5.12. The van der Waals surface area contributed by atoms with Crippen molar-refractivity contribution in [2.75, 3.05) is 12.4 Å². The molecule has 0 bridgehead atoms. The number of nitrogens with one attached hydrogen (secondary N) is 1. The summed E-state index contributed by atoms with van der Waals surface area (Å²) in [5.74, 6) is 1.19. The minimum absolute atomic E-state index is 0.140. The highest BCUT2D eigenvalue weighted by Gasteiger charge is 2.21. The number of amides is 1. The van der Waals surface area contributed by atoms with Gasteiger partial charge in [-0.2, -0.15) is 0 Å². The fraction of sp³-hybridized carbons (Fsp3) is 0.261. The molecule has 4 nitrogen and oxygen atoms in total. The van der Waals surface area contributed by atoms with Crippen LogP contribution in [0.3, 0.4) is 0 Å². The summed E-state index contributed by atoms with van der Waals surface area (Å²) in [6.07, 6.45) is 2.14. The normalized spacial score (nSPS) is 13.4. The summed E-state index contributed by atoms with van der Waals surface area (Å²) in [5.41, 5.74) is 3.56. The predicted molar refractivity (Wildman–Crippen MR) is 108 cm³/mol. The number of ether oxygens (including phenoxy) is 2. The van der Waals surface area contributed by atoms with Gasteiger partial charge in [-0.05, 0) is 54.0 Å². The van der Waals surface area contributed by atoms with E-state index in [4.69, 9.17) is 9.47 Å². The predicted octanol–water partition coefficient (Wildman–Crippen LogP) is 4.74. The van der Waals surface area contributed by atoms with Crippen LogP contribution < -0.4 is 14.8 Å². The minimum atomic E-state index is -0.569. The van der Waals surface area contributed by atoms with Crippen LogP contribution in [-0.2, 0) is 17.6 Å². The molecule has 0 radical (unpaired) electrons. The molecule has 0 aromatic heterocycles. The van der Waals surface area contributed by atoms with E-state index in [1.165, 1.54) is 16.5 Å². The molecule has 0 heterocycles. The molecule has 3 aromatic rings. The third kappa shape index (κ3) is 3.35. The number of rotatable bonds is 6. The first-order valence-corrected chi connectivity index (χ1v) is 9.34. The number of benzene rings is 3. The standard InChI is InChI=1S/C23H23NO3/c1-3-21(27-18-8-5-7-17(14-18)26-2)23(25)24-20-13-12-16-11-10-15-6-4-9-19(20)22(15)16/h4-9,12-14,21H,3,10-11H2,1-2H3,(H,24,25). The van der Waals surface area contributed by atoms with Gasteiger partial charge in [-0.15, -0.1) is 0 Å². The summed E-state index contributed by atoms with van der Waals surface area (Å²) in [5, 5.41) is 5.46. The average Bonchev–Trinajstić information content (AvgIpc) is 3.13. The maximum atomic E-state index is 12.9. The van der Waals surface area contributed by atoms with Gasteiger partial charge in [0, 0.05) is 17.1 Å². The number of methoxy groups -OCH3 is 1. The zero-order valence-corrected chi connectivity index (χ0v) is 15.6. The fourth-order valence-electron chi connectivity index (χ4n) is 3.73. The van der Waals surface area contributed by atoms with Crippen molar-refractivity contribution in [2.24, 2.45) is 0 Å². The SMILES string of the molecule is CCC(Oc1cccc(OC)c1)C(=O)Nc1ccc2c3c(cccc13)CC2. The summed E-state index contributed by atoms with van der Waals surface area (Å²) in [6.45, 7) is 1.94. The highest BCUT2D eigenvalue weighted by Crippen LogP contribution is 2.35. The van der Waals surface area contributed by atoms with Gasteiger partial charge in [-0.3, -0.25) is 4.79 Å². The molecule has 1 amide bonds. The topological polar surface area (TPSA) is 47.6 Å². The quantitative estimate of drug-likeness (QED) is 0.690. The Morgan fingerprint density at radius 2 is 1.78 bits per heavy atom. The van der Waals surface area contributed by atoms with E-state index in [9.17, 15) is 4.79 Å². The van der Waals surface area contributed by atoms with E-state index in [0.717, 1.165) is 23.9 Å². The second kappa shape index (κ2) is 7.31. The van der Waals surface area contributed by atoms with Crippen LogP contribution in [0.15, 0.2) is 54.6 Å². The lowest BCUT2D eigenvalue weighted by Crippen LogP contribution is -2.32. The number of hydrogen-bond donors (Lipinski definition) is 1. The summed E-state index contributed by atoms with van der Waals surface area (Å²) in [6, 6.07) is 17.8. The van der Waals surface area contributed by atoms with Gasteiger partial charge in [0.25, 0.3) is 5.91 Å². The van der Waals surface area contributed by atoms with Gasteiger partial charge in [-0.1, -0.05) is 37.3 Å². The zero-order valence-electron chi connectivity index (χ0n) is 15.6. The molecule has 3 aromatic carbocycles. The van der Waals surface area contributed by atoms with Crippen LogP contribution in [0.1, 0.15) is 24.5 Å². The van der Waals surface area contributed by atoms with Crippen LogP contribution in [0, 0.1) is 0 Å². The number of hydrogen-bond acceptors (Lipinski definition) is 3. The first-order valence-electron chi connectivity index (χ1n) is 9.34. The van der Waals surface area contributed by atoms with E-state index in [-0.39, 0.29) is 5.91 Å². The second-order valence-corrected chi connectivity index (χ2v) is 6.79. The minimum Gasteiger partial charge on any atom is -0.497 e. The smallest absolute Gasteiger partial charge is 0.265 e. The van der Waals surface area contributed by atoms with E-state index in [1.807, 2.05) is 31.2 Å². The summed E-state index contributed by atoms with van der Waals surface area (Å²) in [7, 11) is 1.61. The van der Waals surface area contributed by atoms with Crippen molar-refractivity contribution in [1.82, 2.24) is 0 Å². The van der Waals surface area contributed by atoms with Gasteiger partial charge in [0.1, 0.15) is 11.5 Å². The number of aryl methyl sites for hydroxylation is 2. The van der Waals surface area contributed by atoms with Crippen molar-refractivity contribution >= 4 is 22.4 Å². The number of carbonyl (C=O) groups is 1. The first-order chi connectivity index (χ1) is 13.2. The summed E-state index contributed by atoms with van der Waals surface area (Å²) >= 11 is 0. The Morgan fingerprint density at radius 1 is 1.04 bits per heavy atom. The first kappa shape index (κ1) is 17.4. The van der Waals surface area contributed by atoms with Crippen LogP contribution in [0.2, 0.25) is 0 Å². The van der Waals surface area contributed by atoms with Crippen molar-refractivity contribution < 1.29 is 14.3 Å². The lowest BCUT2D eigenvalue weighted by atomic mass is 10.0. The Morgan fingerprint density at radius 3 is 2.56 bits per heavy atom. The molecule has 1 unspecified atom stereocenters. The molecule has 0 fully saturated rings. The Labute approximate surface area is 159 Å². The van der Waals surface area contributed by atoms with Crippen LogP contribution in [0.4, 0.5) is 5.69 Å². The monoisotopic (exact) mass is 361 g/mol. The average molecular weight is 361 g/mol. The molecule has 0 spiro atoms. The molecular formula is C23H23NO3. The Hall–Kier alpha value is -3.01. The van der Waals surface area contributed by atoms with Crippen molar-refractivity contribution in [3.8, 4) is 11.5 Å². The highest BCUT2D eigenvalue weighted by atomic mass is 16.5. The van der Waals surface area contributed by atoms with Gasteiger partial charge >= 0.3 is 0 Å². The van der Waals surface area contributed by atoms with E-state index >= 15 is 0 Å². The Bertz CT molecular complexity index is 986. The van der Waals surface area contributed by atoms with Crippen molar-refractivity contribution in [2.45, 2.75) is 32.3 Å². The Kier molecular flexibility index (Phi) is 4.71. The molecule has 1 aliphatic rings. The second-order valence-electron chi connectivity index (χ2n) is 6.79. The largest absolute Gasteiger partial charge is 0.497 e. The molecule has 0 aliphatic heterocycles. The van der Waals surface area contributed by atoms with Crippen LogP contribution in [0.25, 0.3) is 10.8 Å². The molecule has 1 aliphatic carbocycles. The van der Waals surface area contributed by atoms with Crippen molar-refractivity contribution in [1.29, 1.82) is 0 Å². The summed E-state index contributed by atoms with van der Waals surface area (Å²) < 4.78 is 11.1. The fourth-order valence-corrected chi connectivity index (χ4v) is 3.73. The van der Waals surface area contributed by atoms with Crippen LogP contribution in [0.5, 0.6) is 11.5 Å².